The second-order valence-corrected chi connectivity index (χ2v) is 10.7. The molecular weight excluding hydrogens is 589 g/mol. The standard InChI is InChI=1S/C31H30ClF3N2O6/c1-3-41-30(39)20-12-25(13-20)42-26-15-22(14-24(16-26)40-2)36-28(19-4-7-21(32)8-5-19)29(38)37-11-10-18-6-9-23(17-27(18)37)43-31(33,34)35/h4-9,14-17,20,25,28,36H,3,10-13H2,1-2H3/t20?,25?,28-/m0/s1. The topological polar surface area (TPSA) is 86.3 Å². The third-order valence-electron chi connectivity index (χ3n) is 7.35. The van der Waals surface area contributed by atoms with Crippen LogP contribution in [0.4, 0.5) is 24.5 Å². The highest BCUT2D eigenvalue weighted by Crippen LogP contribution is 2.38. The fourth-order valence-electron chi connectivity index (χ4n) is 5.20. The van der Waals surface area contributed by atoms with Crippen LogP contribution in [0, 0.1) is 5.92 Å². The van der Waals surface area contributed by atoms with E-state index in [1.807, 2.05) is 0 Å². The molecule has 2 aliphatic rings. The fourth-order valence-corrected chi connectivity index (χ4v) is 5.32. The number of fused-ring (bicyclic) bond motifs is 1. The first-order valence-corrected chi connectivity index (χ1v) is 14.1. The molecule has 1 N–H and O–H groups in total. The van der Waals surface area contributed by atoms with E-state index < -0.39 is 18.2 Å². The van der Waals surface area contributed by atoms with Gasteiger partial charge >= 0.3 is 12.3 Å². The molecule has 1 fully saturated rings. The van der Waals surface area contributed by atoms with E-state index in [1.54, 1.807) is 49.4 Å². The number of nitrogens with one attached hydrogen (secondary N) is 1. The Bertz CT molecular complexity index is 1480. The van der Waals surface area contributed by atoms with E-state index >= 15 is 0 Å². The third-order valence-corrected chi connectivity index (χ3v) is 7.60. The molecule has 228 valence electrons. The van der Waals surface area contributed by atoms with Crippen molar-refractivity contribution in [2.75, 3.05) is 30.5 Å². The molecule has 43 heavy (non-hydrogen) atoms. The van der Waals surface area contributed by atoms with Gasteiger partial charge in [-0.2, -0.15) is 0 Å². The number of hydrogen-bond acceptors (Lipinski definition) is 7. The van der Waals surface area contributed by atoms with Crippen LogP contribution in [0.25, 0.3) is 0 Å². The first kappa shape index (κ1) is 30.3. The number of hydrogen-bond donors (Lipinski definition) is 1. The van der Waals surface area contributed by atoms with Crippen LogP contribution < -0.4 is 24.4 Å². The lowest BCUT2D eigenvalue weighted by Gasteiger charge is -2.33. The van der Waals surface area contributed by atoms with Crippen LogP contribution in [0.2, 0.25) is 5.02 Å². The molecule has 1 heterocycles. The normalized spacial score (nSPS) is 18.2. The highest BCUT2D eigenvalue weighted by atomic mass is 35.5. The summed E-state index contributed by atoms with van der Waals surface area (Å²) in [5.74, 6) is -0.267. The van der Waals surface area contributed by atoms with Crippen LogP contribution >= 0.6 is 11.6 Å². The van der Waals surface area contributed by atoms with E-state index in [4.69, 9.17) is 25.8 Å². The largest absolute Gasteiger partial charge is 0.573 e. The molecule has 1 amide bonds. The summed E-state index contributed by atoms with van der Waals surface area (Å²) in [7, 11) is 1.51. The zero-order chi connectivity index (χ0) is 30.7. The fraction of sp³-hybridized carbons (Fsp3) is 0.355. The number of halogens is 4. The predicted octanol–water partition coefficient (Wildman–Crippen LogP) is 6.71. The van der Waals surface area contributed by atoms with E-state index in [1.165, 1.54) is 30.2 Å². The van der Waals surface area contributed by atoms with Crippen molar-refractivity contribution in [3.8, 4) is 17.2 Å². The summed E-state index contributed by atoms with van der Waals surface area (Å²) >= 11 is 6.11. The monoisotopic (exact) mass is 618 g/mol. The number of ether oxygens (including phenoxy) is 4. The second kappa shape index (κ2) is 12.6. The maximum absolute atomic E-state index is 14.1. The number of rotatable bonds is 10. The van der Waals surface area contributed by atoms with Crippen LogP contribution in [0.1, 0.15) is 36.9 Å². The molecule has 12 heteroatoms. The number of benzene rings is 3. The molecule has 1 saturated carbocycles. The molecule has 1 aliphatic carbocycles. The number of amides is 1. The van der Waals surface area contributed by atoms with E-state index in [0.717, 1.165) is 5.56 Å². The van der Waals surface area contributed by atoms with Gasteiger partial charge in [-0.1, -0.05) is 29.8 Å². The maximum atomic E-state index is 14.1. The number of alkyl halides is 3. The Morgan fingerprint density at radius 3 is 2.42 bits per heavy atom. The Morgan fingerprint density at radius 1 is 1.02 bits per heavy atom. The van der Waals surface area contributed by atoms with Crippen LogP contribution in [0.3, 0.4) is 0 Å². The van der Waals surface area contributed by atoms with Gasteiger partial charge in [-0.15, -0.1) is 13.2 Å². The van der Waals surface area contributed by atoms with Crippen molar-refractivity contribution in [3.05, 3.63) is 76.8 Å². The van der Waals surface area contributed by atoms with E-state index in [0.29, 0.717) is 59.3 Å². The highest BCUT2D eigenvalue weighted by Gasteiger charge is 2.38. The highest BCUT2D eigenvalue weighted by molar-refractivity contribution is 6.30. The Kier molecular flexibility index (Phi) is 8.91. The Balaban J connectivity index is 1.40. The summed E-state index contributed by atoms with van der Waals surface area (Å²) in [6.07, 6.45) is -3.51. The molecular formula is C31H30ClF3N2O6. The minimum atomic E-state index is -4.86. The van der Waals surface area contributed by atoms with Crippen molar-refractivity contribution in [2.24, 2.45) is 5.92 Å². The van der Waals surface area contributed by atoms with Crippen LogP contribution in [0.15, 0.2) is 60.7 Å². The van der Waals surface area contributed by atoms with E-state index in [-0.39, 0.29) is 30.4 Å². The van der Waals surface area contributed by atoms with Gasteiger partial charge in [-0.3, -0.25) is 9.59 Å². The number of methoxy groups -OCH3 is 1. The van der Waals surface area contributed by atoms with Crippen LogP contribution in [-0.4, -0.2) is 44.6 Å². The van der Waals surface area contributed by atoms with Crippen molar-refractivity contribution in [1.82, 2.24) is 0 Å². The number of esters is 1. The molecule has 3 aromatic carbocycles. The van der Waals surface area contributed by atoms with Crippen molar-refractivity contribution in [1.29, 1.82) is 0 Å². The molecule has 5 rings (SSSR count). The molecule has 0 unspecified atom stereocenters. The van der Waals surface area contributed by atoms with Crippen LogP contribution in [0.5, 0.6) is 17.2 Å². The summed E-state index contributed by atoms with van der Waals surface area (Å²) in [5.41, 5.74) is 2.18. The van der Waals surface area contributed by atoms with E-state index in [9.17, 15) is 22.8 Å². The summed E-state index contributed by atoms with van der Waals surface area (Å²) in [4.78, 5) is 27.5. The summed E-state index contributed by atoms with van der Waals surface area (Å²) in [6, 6.07) is 14.9. The van der Waals surface area contributed by atoms with Gasteiger partial charge in [-0.25, -0.2) is 0 Å². The lowest BCUT2D eigenvalue weighted by molar-refractivity contribution is -0.274. The Labute approximate surface area is 251 Å². The summed E-state index contributed by atoms with van der Waals surface area (Å²) < 4.78 is 59.4. The van der Waals surface area contributed by atoms with Crippen molar-refractivity contribution in [3.63, 3.8) is 0 Å². The predicted molar refractivity (Wildman–Crippen MR) is 154 cm³/mol. The molecule has 0 radical (unpaired) electrons. The average molecular weight is 619 g/mol. The average Bonchev–Trinajstić information content (AvgIpc) is 3.36. The molecule has 0 aromatic heterocycles. The maximum Gasteiger partial charge on any atom is 0.573 e. The molecule has 0 bridgehead atoms. The Hall–Kier alpha value is -4.12. The lowest BCUT2D eigenvalue weighted by Crippen LogP contribution is -2.39. The molecule has 0 saturated heterocycles. The molecule has 8 nitrogen and oxygen atoms in total. The van der Waals surface area contributed by atoms with Crippen molar-refractivity contribution in [2.45, 2.75) is 44.7 Å². The summed E-state index contributed by atoms with van der Waals surface area (Å²) in [5, 5.41) is 3.74. The van der Waals surface area contributed by atoms with Crippen molar-refractivity contribution >= 4 is 34.9 Å². The van der Waals surface area contributed by atoms with Gasteiger partial charge in [0.1, 0.15) is 29.4 Å². The third kappa shape index (κ3) is 7.27. The van der Waals surface area contributed by atoms with Gasteiger partial charge in [0.25, 0.3) is 5.91 Å². The van der Waals surface area contributed by atoms with Gasteiger partial charge in [0.15, 0.2) is 0 Å². The zero-order valence-corrected chi connectivity index (χ0v) is 24.2. The van der Waals surface area contributed by atoms with E-state index in [2.05, 4.69) is 10.1 Å². The van der Waals surface area contributed by atoms with Gasteiger partial charge in [0, 0.05) is 41.5 Å². The SMILES string of the molecule is CCOC(=O)C1CC(Oc2cc(N[C@H](C(=O)N3CCc4ccc(OC(F)(F)F)cc43)c3ccc(Cl)cc3)cc(OC)c2)C1. The molecule has 1 aliphatic heterocycles. The molecule has 1 atom stereocenters. The smallest absolute Gasteiger partial charge is 0.497 e. The summed E-state index contributed by atoms with van der Waals surface area (Å²) in [6.45, 7) is 2.37. The number of anilines is 2. The quantitative estimate of drug-likeness (QED) is 0.253. The first-order valence-electron chi connectivity index (χ1n) is 13.8. The second-order valence-electron chi connectivity index (χ2n) is 10.3. The number of carbonyl (C=O) groups excluding carboxylic acids is 2. The van der Waals surface area contributed by atoms with Gasteiger partial charge in [0.2, 0.25) is 0 Å². The lowest BCUT2D eigenvalue weighted by atomic mass is 9.82. The number of nitrogens with zero attached hydrogens (tertiary/aromatic N) is 1. The van der Waals surface area contributed by atoms with Crippen LogP contribution in [-0.2, 0) is 20.7 Å². The first-order chi connectivity index (χ1) is 20.5. The zero-order valence-electron chi connectivity index (χ0n) is 23.4. The van der Waals surface area contributed by atoms with Crippen molar-refractivity contribution < 1.29 is 41.7 Å². The van der Waals surface area contributed by atoms with Gasteiger partial charge in [-0.05, 0) is 55.5 Å². The minimum Gasteiger partial charge on any atom is -0.497 e. The van der Waals surface area contributed by atoms with Gasteiger partial charge < -0.3 is 29.2 Å². The number of carbonyl (C=O) groups is 2. The minimum absolute atomic E-state index is 0.183. The molecule has 0 spiro atoms. The Morgan fingerprint density at radius 2 is 1.74 bits per heavy atom. The van der Waals surface area contributed by atoms with Gasteiger partial charge in [0.05, 0.1) is 25.3 Å². The molecule has 3 aromatic rings.